The van der Waals surface area contributed by atoms with Crippen LogP contribution in [0.15, 0.2) is 0 Å². The molecule has 1 saturated carbocycles. The minimum Gasteiger partial charge on any atom is -0.343 e. The van der Waals surface area contributed by atoms with Gasteiger partial charge in [-0.15, -0.1) is 0 Å². The van der Waals surface area contributed by atoms with Crippen LogP contribution in [-0.4, -0.2) is 34.8 Å². The minimum absolute atomic E-state index is 0.00376. The van der Waals surface area contributed by atoms with Crippen molar-refractivity contribution >= 4 is 11.8 Å². The zero-order valence-electron chi connectivity index (χ0n) is 12.3. The summed E-state index contributed by atoms with van der Waals surface area (Å²) in [5.41, 5.74) is 0. The fourth-order valence-corrected chi connectivity index (χ4v) is 3.46. The van der Waals surface area contributed by atoms with Crippen molar-refractivity contribution in [1.29, 1.82) is 0 Å². The summed E-state index contributed by atoms with van der Waals surface area (Å²) in [6.07, 6.45) is 6.40. The van der Waals surface area contributed by atoms with Crippen LogP contribution < -0.4 is 5.32 Å². The molecule has 0 spiro atoms. The van der Waals surface area contributed by atoms with Gasteiger partial charge in [-0.1, -0.05) is 20.3 Å². The predicted octanol–water partition coefficient (Wildman–Crippen LogP) is 2.08. The van der Waals surface area contributed by atoms with Crippen molar-refractivity contribution in [2.75, 3.05) is 0 Å². The van der Waals surface area contributed by atoms with Crippen molar-refractivity contribution in [3.05, 3.63) is 0 Å². The number of piperazine rings is 1. The summed E-state index contributed by atoms with van der Waals surface area (Å²) in [5.74, 6) is 0.931. The monoisotopic (exact) mass is 266 g/mol. The zero-order chi connectivity index (χ0) is 14.0. The first-order chi connectivity index (χ1) is 9.08. The minimum atomic E-state index is -0.312. The third kappa shape index (κ3) is 2.77. The van der Waals surface area contributed by atoms with Crippen molar-refractivity contribution in [2.24, 2.45) is 5.92 Å². The van der Waals surface area contributed by atoms with Gasteiger partial charge in [-0.2, -0.15) is 0 Å². The second-order valence-electron chi connectivity index (χ2n) is 5.97. The van der Waals surface area contributed by atoms with E-state index in [-0.39, 0.29) is 29.9 Å². The maximum absolute atomic E-state index is 12.5. The van der Waals surface area contributed by atoms with Gasteiger partial charge in [0.1, 0.15) is 12.1 Å². The third-order valence-electron chi connectivity index (χ3n) is 4.86. The van der Waals surface area contributed by atoms with Gasteiger partial charge in [-0.3, -0.25) is 9.59 Å². The topological polar surface area (TPSA) is 49.4 Å². The van der Waals surface area contributed by atoms with Gasteiger partial charge in [0.25, 0.3) is 0 Å². The first kappa shape index (κ1) is 14.4. The first-order valence-electron chi connectivity index (χ1n) is 7.71. The molecule has 108 valence electrons. The molecule has 1 saturated heterocycles. The molecular weight excluding hydrogens is 240 g/mol. The third-order valence-corrected chi connectivity index (χ3v) is 4.86. The predicted molar refractivity (Wildman–Crippen MR) is 74.6 cm³/mol. The number of amides is 2. The molecule has 0 bridgehead atoms. The Balaban J connectivity index is 2.08. The van der Waals surface area contributed by atoms with Gasteiger partial charge in [-0.05, 0) is 44.9 Å². The van der Waals surface area contributed by atoms with Crippen molar-refractivity contribution in [3.8, 4) is 0 Å². The van der Waals surface area contributed by atoms with Crippen molar-refractivity contribution < 1.29 is 9.59 Å². The van der Waals surface area contributed by atoms with Crippen LogP contribution >= 0.6 is 0 Å². The van der Waals surface area contributed by atoms with Crippen molar-refractivity contribution in [1.82, 2.24) is 10.2 Å². The lowest BCUT2D eigenvalue weighted by atomic mass is 9.83. The lowest BCUT2D eigenvalue weighted by Gasteiger charge is -2.44. The quantitative estimate of drug-likeness (QED) is 0.850. The molecule has 2 rings (SSSR count). The summed E-state index contributed by atoms with van der Waals surface area (Å²) >= 11 is 0. The summed E-state index contributed by atoms with van der Waals surface area (Å²) in [7, 11) is 0. The second-order valence-corrected chi connectivity index (χ2v) is 5.97. The highest BCUT2D eigenvalue weighted by atomic mass is 16.2. The highest BCUT2D eigenvalue weighted by Crippen LogP contribution is 2.31. The molecule has 4 nitrogen and oxygen atoms in total. The van der Waals surface area contributed by atoms with Gasteiger partial charge in [0, 0.05) is 6.04 Å². The Labute approximate surface area is 115 Å². The molecule has 19 heavy (non-hydrogen) atoms. The normalized spacial score (nSPS) is 36.3. The van der Waals surface area contributed by atoms with Crippen LogP contribution in [0.4, 0.5) is 0 Å². The first-order valence-corrected chi connectivity index (χ1v) is 7.71. The van der Waals surface area contributed by atoms with E-state index in [1.165, 1.54) is 19.3 Å². The maximum Gasteiger partial charge on any atom is 0.246 e. The summed E-state index contributed by atoms with van der Waals surface area (Å²) in [4.78, 5) is 26.3. The molecular formula is C15H26N2O2. The Hall–Kier alpha value is -1.06. The van der Waals surface area contributed by atoms with Gasteiger partial charge < -0.3 is 10.2 Å². The van der Waals surface area contributed by atoms with E-state index in [0.29, 0.717) is 6.42 Å². The van der Waals surface area contributed by atoms with Crippen LogP contribution in [0.3, 0.4) is 0 Å². The molecule has 0 aromatic rings. The zero-order valence-corrected chi connectivity index (χ0v) is 12.3. The maximum atomic E-state index is 12.5. The van der Waals surface area contributed by atoms with E-state index in [2.05, 4.69) is 12.2 Å². The van der Waals surface area contributed by atoms with E-state index >= 15 is 0 Å². The molecule has 0 aromatic heterocycles. The summed E-state index contributed by atoms with van der Waals surface area (Å²) in [6.45, 7) is 6.04. The number of carbonyl (C=O) groups is 2. The lowest BCUT2D eigenvalue weighted by Crippen LogP contribution is -2.65. The van der Waals surface area contributed by atoms with E-state index in [4.69, 9.17) is 0 Å². The van der Waals surface area contributed by atoms with Crippen LogP contribution in [0.25, 0.3) is 0 Å². The van der Waals surface area contributed by atoms with Gasteiger partial charge in [-0.25, -0.2) is 0 Å². The highest BCUT2D eigenvalue weighted by Gasteiger charge is 2.41. The Morgan fingerprint density at radius 3 is 2.26 bits per heavy atom. The van der Waals surface area contributed by atoms with Crippen LogP contribution in [0.1, 0.15) is 59.3 Å². The molecule has 1 heterocycles. The Morgan fingerprint density at radius 1 is 1.11 bits per heavy atom. The van der Waals surface area contributed by atoms with Crippen LogP contribution in [0.5, 0.6) is 0 Å². The number of nitrogens with zero attached hydrogens (tertiary/aromatic N) is 1. The molecule has 2 amide bonds. The summed E-state index contributed by atoms with van der Waals surface area (Å²) in [5, 5.41) is 2.82. The molecule has 2 aliphatic rings. The molecule has 1 N–H and O–H groups in total. The standard InChI is InChI=1S/C15H26N2O2/c1-4-11-6-8-12(9-7-11)17-10(3)14(18)16-13(5-2)15(17)19/h10-13H,4-9H2,1-3H3,(H,16,18). The molecule has 1 aliphatic heterocycles. The number of carbonyl (C=O) groups excluding carboxylic acids is 2. The average molecular weight is 266 g/mol. The number of rotatable bonds is 3. The summed E-state index contributed by atoms with van der Waals surface area (Å²) < 4.78 is 0. The van der Waals surface area contributed by atoms with E-state index in [9.17, 15) is 9.59 Å². The fourth-order valence-electron chi connectivity index (χ4n) is 3.46. The molecule has 2 atom stereocenters. The van der Waals surface area contributed by atoms with Crippen LogP contribution in [0, 0.1) is 5.92 Å². The Kier molecular flexibility index (Phi) is 4.48. The Bertz CT molecular complexity index is 348. The van der Waals surface area contributed by atoms with Gasteiger partial charge >= 0.3 is 0 Å². The van der Waals surface area contributed by atoms with E-state index in [0.717, 1.165) is 18.8 Å². The molecule has 2 unspecified atom stereocenters. The summed E-state index contributed by atoms with van der Waals surface area (Å²) in [6, 6.07) is -0.350. The SMILES string of the molecule is CCC1CCC(N2C(=O)C(CC)NC(=O)C2C)CC1. The largest absolute Gasteiger partial charge is 0.343 e. The van der Waals surface area contributed by atoms with Gasteiger partial charge in [0.2, 0.25) is 11.8 Å². The molecule has 2 fully saturated rings. The van der Waals surface area contributed by atoms with Crippen molar-refractivity contribution in [3.63, 3.8) is 0 Å². The number of hydrogen-bond donors (Lipinski definition) is 1. The van der Waals surface area contributed by atoms with E-state index < -0.39 is 0 Å². The van der Waals surface area contributed by atoms with Crippen LogP contribution in [0.2, 0.25) is 0 Å². The van der Waals surface area contributed by atoms with Gasteiger partial charge in [0.15, 0.2) is 0 Å². The Morgan fingerprint density at radius 2 is 1.74 bits per heavy atom. The van der Waals surface area contributed by atoms with Crippen LogP contribution in [-0.2, 0) is 9.59 Å². The smallest absolute Gasteiger partial charge is 0.246 e. The molecule has 1 aliphatic carbocycles. The number of hydrogen-bond acceptors (Lipinski definition) is 2. The second kappa shape index (κ2) is 5.93. The molecule has 0 radical (unpaired) electrons. The molecule has 0 aromatic carbocycles. The van der Waals surface area contributed by atoms with Crippen molar-refractivity contribution in [2.45, 2.75) is 77.4 Å². The van der Waals surface area contributed by atoms with E-state index in [1.54, 1.807) is 0 Å². The highest BCUT2D eigenvalue weighted by molar-refractivity contribution is 5.96. The fraction of sp³-hybridized carbons (Fsp3) is 0.867. The average Bonchev–Trinajstić information content (AvgIpc) is 2.44. The molecule has 4 heteroatoms. The van der Waals surface area contributed by atoms with E-state index in [1.807, 2.05) is 18.7 Å². The number of nitrogens with one attached hydrogen (secondary N) is 1. The van der Waals surface area contributed by atoms with Gasteiger partial charge in [0.05, 0.1) is 0 Å². The lowest BCUT2D eigenvalue weighted by molar-refractivity contribution is -0.152.